The van der Waals surface area contributed by atoms with Crippen LogP contribution in [0.25, 0.3) is 11.5 Å². The van der Waals surface area contributed by atoms with E-state index in [1.165, 1.54) is 0 Å². The van der Waals surface area contributed by atoms with Crippen molar-refractivity contribution < 1.29 is 0 Å². The summed E-state index contributed by atoms with van der Waals surface area (Å²) in [6.45, 7) is 7.06. The molecule has 0 atom stereocenters. The number of hydrogen-bond acceptors (Lipinski definition) is 4. The van der Waals surface area contributed by atoms with Crippen molar-refractivity contribution in [2.45, 2.75) is 27.3 Å². The molecule has 0 aliphatic rings. The molecule has 0 saturated carbocycles. The largest absolute Gasteiger partial charge is 0.371 e. The van der Waals surface area contributed by atoms with Gasteiger partial charge in [0.2, 0.25) is 0 Å². The molecule has 2 aromatic rings. The number of rotatable bonds is 3. The van der Waals surface area contributed by atoms with Crippen molar-refractivity contribution in [3.8, 4) is 11.5 Å². The van der Waals surface area contributed by atoms with Gasteiger partial charge in [0.1, 0.15) is 5.69 Å². The van der Waals surface area contributed by atoms with Gasteiger partial charge in [-0.15, -0.1) is 10.2 Å². The minimum atomic E-state index is 0.820. The average Bonchev–Trinajstić information content (AvgIpc) is 2.80. The van der Waals surface area contributed by atoms with Crippen molar-refractivity contribution in [1.29, 1.82) is 0 Å². The van der Waals surface area contributed by atoms with Crippen LogP contribution in [0.4, 0.5) is 5.82 Å². The first-order chi connectivity index (χ1) is 8.19. The molecular formula is C12H17N5. The van der Waals surface area contributed by atoms with Gasteiger partial charge in [0.05, 0.1) is 0 Å². The Hall–Kier alpha value is -1.91. The minimum Gasteiger partial charge on any atom is -0.371 e. The number of aromatic nitrogens is 4. The number of hydrogen-bond donors (Lipinski definition) is 1. The summed E-state index contributed by atoms with van der Waals surface area (Å²) in [5.41, 5.74) is 3.08. The first-order valence-electron chi connectivity index (χ1n) is 5.72. The number of imidazole rings is 1. The van der Waals surface area contributed by atoms with E-state index in [1.54, 1.807) is 6.20 Å². The highest BCUT2D eigenvalue weighted by Crippen LogP contribution is 2.24. The van der Waals surface area contributed by atoms with Gasteiger partial charge in [-0.05, 0) is 31.9 Å². The van der Waals surface area contributed by atoms with Crippen LogP contribution in [0, 0.1) is 13.8 Å². The van der Waals surface area contributed by atoms with Gasteiger partial charge in [0.15, 0.2) is 11.6 Å². The first kappa shape index (κ1) is 11.6. The van der Waals surface area contributed by atoms with Gasteiger partial charge < -0.3 is 9.88 Å². The van der Waals surface area contributed by atoms with Crippen LogP contribution < -0.4 is 5.32 Å². The lowest BCUT2D eigenvalue weighted by molar-refractivity contribution is 0.764. The molecule has 0 fully saturated rings. The SMILES string of the molecule is CCn1ccnc1-c1nnc(NC)c(C)c1C. The van der Waals surface area contributed by atoms with Crippen LogP contribution in [0.1, 0.15) is 18.1 Å². The molecule has 17 heavy (non-hydrogen) atoms. The van der Waals surface area contributed by atoms with Crippen LogP contribution in [0.15, 0.2) is 12.4 Å². The Labute approximate surface area is 101 Å². The van der Waals surface area contributed by atoms with Gasteiger partial charge in [0.25, 0.3) is 0 Å². The topological polar surface area (TPSA) is 55.6 Å². The van der Waals surface area contributed by atoms with Gasteiger partial charge >= 0.3 is 0 Å². The van der Waals surface area contributed by atoms with E-state index < -0.39 is 0 Å². The van der Waals surface area contributed by atoms with E-state index in [9.17, 15) is 0 Å². The van der Waals surface area contributed by atoms with Crippen LogP contribution in [-0.4, -0.2) is 26.8 Å². The van der Waals surface area contributed by atoms with Crippen LogP contribution in [0.2, 0.25) is 0 Å². The Morgan fingerprint density at radius 3 is 2.65 bits per heavy atom. The average molecular weight is 231 g/mol. The number of nitrogens with zero attached hydrogens (tertiary/aromatic N) is 4. The standard InChI is InChI=1S/C12H17N5/c1-5-17-7-6-14-12(17)10-8(2)9(3)11(13-4)16-15-10/h6-7H,5H2,1-4H3,(H,13,16). The predicted molar refractivity (Wildman–Crippen MR) is 67.9 cm³/mol. The van der Waals surface area contributed by atoms with Gasteiger partial charge in [0, 0.05) is 26.0 Å². The van der Waals surface area contributed by atoms with Crippen LogP contribution in [0.3, 0.4) is 0 Å². The number of anilines is 1. The third kappa shape index (κ3) is 1.88. The summed E-state index contributed by atoms with van der Waals surface area (Å²) in [5.74, 6) is 1.70. The highest BCUT2D eigenvalue weighted by Gasteiger charge is 2.14. The zero-order valence-electron chi connectivity index (χ0n) is 10.7. The molecule has 1 N–H and O–H groups in total. The van der Waals surface area contributed by atoms with Crippen molar-refractivity contribution in [2.24, 2.45) is 0 Å². The molecule has 0 spiro atoms. The Bertz CT molecular complexity index is 530. The normalized spacial score (nSPS) is 10.6. The molecule has 0 radical (unpaired) electrons. The van der Waals surface area contributed by atoms with Gasteiger partial charge in [-0.1, -0.05) is 0 Å². The summed E-state index contributed by atoms with van der Waals surface area (Å²) < 4.78 is 2.06. The van der Waals surface area contributed by atoms with Crippen molar-refractivity contribution in [3.05, 3.63) is 23.5 Å². The van der Waals surface area contributed by atoms with E-state index in [2.05, 4.69) is 38.9 Å². The summed E-state index contributed by atoms with van der Waals surface area (Å²) in [6, 6.07) is 0. The fourth-order valence-electron chi connectivity index (χ4n) is 1.84. The molecule has 2 aromatic heterocycles. The van der Waals surface area contributed by atoms with E-state index >= 15 is 0 Å². The van der Waals surface area contributed by atoms with Crippen LogP contribution >= 0.6 is 0 Å². The molecule has 0 amide bonds. The second-order valence-electron chi connectivity index (χ2n) is 3.93. The van der Waals surface area contributed by atoms with Crippen LogP contribution in [-0.2, 0) is 6.54 Å². The zero-order chi connectivity index (χ0) is 12.4. The van der Waals surface area contributed by atoms with Crippen molar-refractivity contribution in [1.82, 2.24) is 19.7 Å². The maximum atomic E-state index is 4.35. The third-order valence-electron chi connectivity index (χ3n) is 3.03. The fraction of sp³-hybridized carbons (Fsp3) is 0.417. The van der Waals surface area contributed by atoms with E-state index in [4.69, 9.17) is 0 Å². The van der Waals surface area contributed by atoms with Crippen molar-refractivity contribution >= 4 is 5.82 Å². The third-order valence-corrected chi connectivity index (χ3v) is 3.03. The van der Waals surface area contributed by atoms with E-state index in [-0.39, 0.29) is 0 Å². The molecule has 5 nitrogen and oxygen atoms in total. The summed E-state index contributed by atoms with van der Waals surface area (Å²) in [5, 5.41) is 11.5. The minimum absolute atomic E-state index is 0.820. The second kappa shape index (κ2) is 4.53. The molecule has 0 aliphatic carbocycles. The Balaban J connectivity index is 2.57. The molecular weight excluding hydrogens is 214 g/mol. The molecule has 0 saturated heterocycles. The summed E-state index contributed by atoms with van der Waals surface area (Å²) >= 11 is 0. The van der Waals surface area contributed by atoms with E-state index in [0.717, 1.165) is 35.0 Å². The summed E-state index contributed by atoms with van der Waals surface area (Å²) in [6.07, 6.45) is 3.75. The summed E-state index contributed by atoms with van der Waals surface area (Å²) in [7, 11) is 1.85. The lowest BCUT2D eigenvalue weighted by atomic mass is 10.1. The van der Waals surface area contributed by atoms with Crippen molar-refractivity contribution in [3.63, 3.8) is 0 Å². The fourth-order valence-corrected chi connectivity index (χ4v) is 1.84. The Kier molecular flexibility index (Phi) is 3.08. The molecule has 0 aliphatic heterocycles. The lowest BCUT2D eigenvalue weighted by Crippen LogP contribution is -2.06. The van der Waals surface area contributed by atoms with Gasteiger partial charge in [-0.2, -0.15) is 0 Å². The number of aryl methyl sites for hydroxylation is 1. The molecule has 0 aromatic carbocycles. The van der Waals surface area contributed by atoms with Crippen molar-refractivity contribution in [2.75, 3.05) is 12.4 Å². The highest BCUT2D eigenvalue weighted by atomic mass is 15.2. The molecule has 0 bridgehead atoms. The maximum Gasteiger partial charge on any atom is 0.160 e. The molecule has 0 unspecified atom stereocenters. The van der Waals surface area contributed by atoms with E-state index in [0.29, 0.717) is 0 Å². The molecule has 2 heterocycles. The molecule has 5 heteroatoms. The van der Waals surface area contributed by atoms with E-state index in [1.807, 2.05) is 20.2 Å². The molecule has 2 rings (SSSR count). The van der Waals surface area contributed by atoms with Gasteiger partial charge in [-0.25, -0.2) is 4.98 Å². The Morgan fingerprint density at radius 2 is 2.00 bits per heavy atom. The first-order valence-corrected chi connectivity index (χ1v) is 5.72. The Morgan fingerprint density at radius 1 is 1.24 bits per heavy atom. The quantitative estimate of drug-likeness (QED) is 0.878. The number of nitrogens with one attached hydrogen (secondary N) is 1. The predicted octanol–water partition coefficient (Wildman–Crippen LogP) is 2.02. The van der Waals surface area contributed by atoms with Gasteiger partial charge in [-0.3, -0.25) is 0 Å². The zero-order valence-corrected chi connectivity index (χ0v) is 10.7. The van der Waals surface area contributed by atoms with Crippen LogP contribution in [0.5, 0.6) is 0 Å². The lowest BCUT2D eigenvalue weighted by Gasteiger charge is -2.11. The maximum absolute atomic E-state index is 4.35. The smallest absolute Gasteiger partial charge is 0.160 e. The highest BCUT2D eigenvalue weighted by molar-refractivity contribution is 5.61. The monoisotopic (exact) mass is 231 g/mol. The molecule has 90 valence electrons. The second-order valence-corrected chi connectivity index (χ2v) is 3.93. The summed E-state index contributed by atoms with van der Waals surface area (Å²) in [4.78, 5) is 4.35.